The Kier molecular flexibility index (Phi) is 12.7. The summed E-state index contributed by atoms with van der Waals surface area (Å²) < 4.78 is 0. The number of hydrogen-bond donors (Lipinski definition) is 1. The van der Waals surface area contributed by atoms with Gasteiger partial charge in [-0.1, -0.05) is 59.8 Å². The summed E-state index contributed by atoms with van der Waals surface area (Å²) >= 11 is 1.73. The standard InChI is InChI=1S/C16H33NOS/c1-14(2)10-8-6-5-7-9-11-17-16(18)13-19-12-15(3)4/h14-15H,5-13H2,1-4H3,(H,17,18). The van der Waals surface area contributed by atoms with Crippen molar-refractivity contribution in [3.63, 3.8) is 0 Å². The van der Waals surface area contributed by atoms with Crippen LogP contribution in [-0.2, 0) is 4.79 Å². The fourth-order valence-electron chi connectivity index (χ4n) is 1.87. The molecule has 1 N–H and O–H groups in total. The van der Waals surface area contributed by atoms with Crippen LogP contribution in [-0.4, -0.2) is 24.0 Å². The molecule has 3 heteroatoms. The maximum absolute atomic E-state index is 11.5. The van der Waals surface area contributed by atoms with Gasteiger partial charge in [0, 0.05) is 6.54 Å². The van der Waals surface area contributed by atoms with E-state index < -0.39 is 0 Å². The first-order valence-electron chi connectivity index (χ1n) is 7.86. The predicted molar refractivity (Wildman–Crippen MR) is 87.7 cm³/mol. The van der Waals surface area contributed by atoms with Crippen LogP contribution in [0.5, 0.6) is 0 Å². The molecule has 114 valence electrons. The summed E-state index contributed by atoms with van der Waals surface area (Å²) in [6.45, 7) is 9.79. The molecule has 2 nitrogen and oxygen atoms in total. The van der Waals surface area contributed by atoms with E-state index >= 15 is 0 Å². The minimum Gasteiger partial charge on any atom is -0.355 e. The number of hydrogen-bond acceptors (Lipinski definition) is 2. The summed E-state index contributed by atoms with van der Waals surface area (Å²) in [6, 6.07) is 0. The van der Waals surface area contributed by atoms with Crippen LogP contribution >= 0.6 is 11.8 Å². The summed E-state index contributed by atoms with van der Waals surface area (Å²) in [5, 5.41) is 3.01. The highest BCUT2D eigenvalue weighted by molar-refractivity contribution is 7.99. The molecular formula is C16H33NOS. The van der Waals surface area contributed by atoms with Crippen LogP contribution in [0.2, 0.25) is 0 Å². The summed E-state index contributed by atoms with van der Waals surface area (Å²) in [5.41, 5.74) is 0. The third-order valence-electron chi connectivity index (χ3n) is 2.96. The largest absolute Gasteiger partial charge is 0.355 e. The molecule has 0 aliphatic heterocycles. The van der Waals surface area contributed by atoms with Crippen LogP contribution < -0.4 is 5.32 Å². The van der Waals surface area contributed by atoms with Gasteiger partial charge in [0.1, 0.15) is 0 Å². The van der Waals surface area contributed by atoms with Gasteiger partial charge in [0.15, 0.2) is 0 Å². The van der Waals surface area contributed by atoms with Gasteiger partial charge in [-0.25, -0.2) is 0 Å². The highest BCUT2D eigenvalue weighted by Gasteiger charge is 2.02. The van der Waals surface area contributed by atoms with Crippen molar-refractivity contribution in [2.75, 3.05) is 18.1 Å². The summed E-state index contributed by atoms with van der Waals surface area (Å²) in [4.78, 5) is 11.5. The van der Waals surface area contributed by atoms with E-state index in [1.807, 2.05) is 0 Å². The van der Waals surface area contributed by atoms with E-state index in [-0.39, 0.29) is 5.91 Å². The number of nitrogens with one attached hydrogen (secondary N) is 1. The highest BCUT2D eigenvalue weighted by atomic mass is 32.2. The topological polar surface area (TPSA) is 29.1 Å². The van der Waals surface area contributed by atoms with Crippen molar-refractivity contribution >= 4 is 17.7 Å². The molecule has 19 heavy (non-hydrogen) atoms. The van der Waals surface area contributed by atoms with Gasteiger partial charge < -0.3 is 5.32 Å². The molecular weight excluding hydrogens is 254 g/mol. The van der Waals surface area contributed by atoms with Crippen molar-refractivity contribution in [2.24, 2.45) is 11.8 Å². The van der Waals surface area contributed by atoms with Crippen LogP contribution in [0.4, 0.5) is 0 Å². The molecule has 0 bridgehead atoms. The first kappa shape index (κ1) is 18.8. The predicted octanol–water partition coefficient (Wildman–Crippen LogP) is 4.49. The quantitative estimate of drug-likeness (QED) is 0.536. The van der Waals surface area contributed by atoms with E-state index in [9.17, 15) is 4.79 Å². The van der Waals surface area contributed by atoms with Gasteiger partial charge in [0.05, 0.1) is 5.75 Å². The Morgan fingerprint density at radius 2 is 1.58 bits per heavy atom. The van der Waals surface area contributed by atoms with Gasteiger partial charge in [-0.2, -0.15) is 11.8 Å². The number of amides is 1. The van der Waals surface area contributed by atoms with Crippen molar-refractivity contribution < 1.29 is 4.79 Å². The van der Waals surface area contributed by atoms with E-state index in [2.05, 4.69) is 33.0 Å². The Labute approximate surface area is 124 Å². The van der Waals surface area contributed by atoms with E-state index in [0.29, 0.717) is 11.7 Å². The zero-order valence-corrected chi connectivity index (χ0v) is 14.2. The molecule has 0 aromatic heterocycles. The van der Waals surface area contributed by atoms with Crippen LogP contribution in [0.25, 0.3) is 0 Å². The molecule has 0 aromatic carbocycles. The second kappa shape index (κ2) is 12.8. The molecule has 0 atom stereocenters. The lowest BCUT2D eigenvalue weighted by molar-refractivity contribution is -0.118. The fourth-order valence-corrected chi connectivity index (χ4v) is 2.75. The zero-order valence-electron chi connectivity index (χ0n) is 13.3. The summed E-state index contributed by atoms with van der Waals surface area (Å²) in [5.74, 6) is 3.40. The van der Waals surface area contributed by atoms with Gasteiger partial charge >= 0.3 is 0 Å². The van der Waals surface area contributed by atoms with Crippen molar-refractivity contribution in [3.05, 3.63) is 0 Å². The molecule has 0 rings (SSSR count). The van der Waals surface area contributed by atoms with E-state index in [1.54, 1.807) is 11.8 Å². The van der Waals surface area contributed by atoms with Crippen molar-refractivity contribution in [2.45, 2.75) is 66.2 Å². The number of unbranched alkanes of at least 4 members (excludes halogenated alkanes) is 4. The normalized spacial score (nSPS) is 11.3. The molecule has 0 saturated carbocycles. The third-order valence-corrected chi connectivity index (χ3v) is 4.33. The molecule has 0 spiro atoms. The van der Waals surface area contributed by atoms with Gasteiger partial charge in [-0.3, -0.25) is 4.79 Å². The summed E-state index contributed by atoms with van der Waals surface area (Å²) in [7, 11) is 0. The highest BCUT2D eigenvalue weighted by Crippen LogP contribution is 2.10. The van der Waals surface area contributed by atoms with Crippen LogP contribution in [0.3, 0.4) is 0 Å². The first-order valence-corrected chi connectivity index (χ1v) is 9.02. The Bertz CT molecular complexity index is 217. The van der Waals surface area contributed by atoms with Crippen LogP contribution in [0.15, 0.2) is 0 Å². The lowest BCUT2D eigenvalue weighted by Gasteiger charge is -2.07. The van der Waals surface area contributed by atoms with Gasteiger partial charge in [-0.15, -0.1) is 0 Å². The number of carbonyl (C=O) groups is 1. The average Bonchev–Trinajstić information content (AvgIpc) is 2.31. The average molecular weight is 288 g/mol. The molecule has 0 aliphatic carbocycles. The Balaban J connectivity index is 3.18. The number of carbonyl (C=O) groups excluding carboxylic acids is 1. The van der Waals surface area contributed by atoms with Gasteiger partial charge in [0.25, 0.3) is 0 Å². The Morgan fingerprint density at radius 3 is 2.21 bits per heavy atom. The monoisotopic (exact) mass is 287 g/mol. The minimum absolute atomic E-state index is 0.199. The minimum atomic E-state index is 0.199. The smallest absolute Gasteiger partial charge is 0.229 e. The van der Waals surface area contributed by atoms with Crippen molar-refractivity contribution in [1.82, 2.24) is 5.32 Å². The molecule has 0 saturated heterocycles. The number of rotatable bonds is 12. The van der Waals surface area contributed by atoms with E-state index in [1.165, 1.54) is 32.1 Å². The maximum atomic E-state index is 11.5. The van der Waals surface area contributed by atoms with E-state index in [4.69, 9.17) is 0 Å². The lowest BCUT2D eigenvalue weighted by atomic mass is 10.0. The Hall–Kier alpha value is -0.180. The zero-order chi connectivity index (χ0) is 14.5. The molecule has 0 fully saturated rings. The molecule has 0 radical (unpaired) electrons. The van der Waals surface area contributed by atoms with Crippen molar-refractivity contribution in [1.29, 1.82) is 0 Å². The molecule has 0 heterocycles. The molecule has 0 aromatic rings. The summed E-state index contributed by atoms with van der Waals surface area (Å²) in [6.07, 6.45) is 7.74. The molecule has 1 amide bonds. The third kappa shape index (κ3) is 15.8. The SMILES string of the molecule is CC(C)CCCCCCCNC(=O)CSCC(C)C. The fraction of sp³-hybridized carbons (Fsp3) is 0.938. The second-order valence-electron chi connectivity index (χ2n) is 6.21. The van der Waals surface area contributed by atoms with Gasteiger partial charge in [0.2, 0.25) is 5.91 Å². The first-order chi connectivity index (χ1) is 9.02. The number of thioether (sulfide) groups is 1. The van der Waals surface area contributed by atoms with E-state index in [0.717, 1.165) is 24.6 Å². The molecule has 0 unspecified atom stereocenters. The van der Waals surface area contributed by atoms with Gasteiger partial charge in [-0.05, 0) is 24.0 Å². The van der Waals surface area contributed by atoms with Crippen LogP contribution in [0.1, 0.15) is 66.2 Å². The van der Waals surface area contributed by atoms with Crippen molar-refractivity contribution in [3.8, 4) is 0 Å². The molecule has 0 aliphatic rings. The van der Waals surface area contributed by atoms with Crippen LogP contribution in [0, 0.1) is 11.8 Å². The Morgan fingerprint density at radius 1 is 0.947 bits per heavy atom. The second-order valence-corrected chi connectivity index (χ2v) is 7.24. The maximum Gasteiger partial charge on any atom is 0.229 e. The lowest BCUT2D eigenvalue weighted by Crippen LogP contribution is -2.26.